The van der Waals surface area contributed by atoms with Crippen molar-refractivity contribution < 1.29 is 13.2 Å². The predicted octanol–water partition coefficient (Wildman–Crippen LogP) is 0.304. The molecular formula is C15H17ClN4O4S. The molecule has 1 fully saturated rings. The highest BCUT2D eigenvalue weighted by molar-refractivity contribution is 7.88. The molecule has 0 radical (unpaired) electrons. The summed E-state index contributed by atoms with van der Waals surface area (Å²) in [6.45, 7) is 0.823. The second kappa shape index (κ2) is 6.40. The Morgan fingerprint density at radius 1 is 1.20 bits per heavy atom. The van der Waals surface area contributed by atoms with Crippen LogP contribution in [0.4, 0.5) is 0 Å². The van der Waals surface area contributed by atoms with Gasteiger partial charge in [-0.3, -0.25) is 14.3 Å². The Kier molecular flexibility index (Phi) is 4.56. The Morgan fingerprint density at radius 3 is 2.44 bits per heavy atom. The number of nitrogens with zero attached hydrogens (tertiary/aromatic N) is 4. The molecule has 2 aromatic rings. The summed E-state index contributed by atoms with van der Waals surface area (Å²) in [5, 5.41) is 4.83. The minimum atomic E-state index is -3.29. The zero-order valence-electron chi connectivity index (χ0n) is 13.8. The standard InChI is InChI=1S/C15H17ClN4O4S/c1-18-12-4-3-10(16)9-11(12)14(21)13(17-18)15(22)19-5-7-20(8-6-19)25(2,23)24/h3-4,9H,5-8H2,1-2H3. The number of rotatable bonds is 2. The molecule has 1 amide bonds. The number of piperazine rings is 1. The van der Waals surface area contributed by atoms with Gasteiger partial charge in [0, 0.05) is 38.2 Å². The molecule has 1 aliphatic rings. The van der Waals surface area contributed by atoms with Crippen LogP contribution in [0.1, 0.15) is 10.5 Å². The van der Waals surface area contributed by atoms with E-state index >= 15 is 0 Å². The molecule has 134 valence electrons. The number of hydrogen-bond donors (Lipinski definition) is 0. The quantitative estimate of drug-likeness (QED) is 0.742. The van der Waals surface area contributed by atoms with Crippen LogP contribution in [-0.2, 0) is 17.1 Å². The van der Waals surface area contributed by atoms with Crippen molar-refractivity contribution in [2.45, 2.75) is 0 Å². The highest BCUT2D eigenvalue weighted by Gasteiger charge is 2.29. The number of aromatic nitrogens is 2. The van der Waals surface area contributed by atoms with E-state index in [0.29, 0.717) is 15.9 Å². The lowest BCUT2D eigenvalue weighted by molar-refractivity contribution is 0.0689. The van der Waals surface area contributed by atoms with Crippen molar-refractivity contribution in [1.82, 2.24) is 19.0 Å². The van der Waals surface area contributed by atoms with E-state index in [1.165, 1.54) is 20.0 Å². The Balaban J connectivity index is 1.94. The summed E-state index contributed by atoms with van der Waals surface area (Å²) in [7, 11) is -1.64. The second-order valence-electron chi connectivity index (χ2n) is 5.92. The molecular weight excluding hydrogens is 368 g/mol. The van der Waals surface area contributed by atoms with Gasteiger partial charge < -0.3 is 4.90 Å². The van der Waals surface area contributed by atoms with Gasteiger partial charge in [-0.1, -0.05) is 11.6 Å². The molecule has 0 aliphatic carbocycles. The van der Waals surface area contributed by atoms with Crippen LogP contribution in [0.2, 0.25) is 5.02 Å². The lowest BCUT2D eigenvalue weighted by atomic mass is 10.2. The Morgan fingerprint density at radius 2 is 1.84 bits per heavy atom. The van der Waals surface area contributed by atoms with E-state index in [2.05, 4.69) is 5.10 Å². The van der Waals surface area contributed by atoms with Crippen LogP contribution in [0.5, 0.6) is 0 Å². The van der Waals surface area contributed by atoms with Crippen molar-refractivity contribution in [2.24, 2.45) is 7.05 Å². The summed E-state index contributed by atoms with van der Waals surface area (Å²) in [5.41, 5.74) is -0.0935. The minimum Gasteiger partial charge on any atom is -0.334 e. The molecule has 0 atom stereocenters. The number of aryl methyl sites for hydroxylation is 1. The van der Waals surface area contributed by atoms with Crippen molar-refractivity contribution in [3.05, 3.63) is 39.1 Å². The zero-order valence-corrected chi connectivity index (χ0v) is 15.3. The van der Waals surface area contributed by atoms with Crippen LogP contribution in [0, 0.1) is 0 Å². The maximum absolute atomic E-state index is 12.7. The molecule has 0 unspecified atom stereocenters. The van der Waals surface area contributed by atoms with Crippen molar-refractivity contribution in [2.75, 3.05) is 32.4 Å². The summed E-state index contributed by atoms with van der Waals surface area (Å²) in [4.78, 5) is 26.8. The number of amides is 1. The topological polar surface area (TPSA) is 92.6 Å². The molecule has 0 bridgehead atoms. The summed E-state index contributed by atoms with van der Waals surface area (Å²) in [5.74, 6) is -0.504. The molecule has 1 saturated heterocycles. The maximum Gasteiger partial charge on any atom is 0.278 e. The van der Waals surface area contributed by atoms with Crippen molar-refractivity contribution in [1.29, 1.82) is 0 Å². The van der Waals surface area contributed by atoms with Crippen molar-refractivity contribution in [3.8, 4) is 0 Å². The van der Waals surface area contributed by atoms with Gasteiger partial charge >= 0.3 is 0 Å². The molecule has 25 heavy (non-hydrogen) atoms. The third kappa shape index (κ3) is 3.39. The van der Waals surface area contributed by atoms with E-state index in [1.54, 1.807) is 19.2 Å². The predicted molar refractivity (Wildman–Crippen MR) is 94.3 cm³/mol. The summed E-state index contributed by atoms with van der Waals surface area (Å²) >= 11 is 5.96. The molecule has 3 rings (SSSR count). The average Bonchev–Trinajstić information content (AvgIpc) is 2.56. The van der Waals surface area contributed by atoms with Gasteiger partial charge in [0.1, 0.15) is 0 Å². The van der Waals surface area contributed by atoms with E-state index in [1.807, 2.05) is 0 Å². The summed E-state index contributed by atoms with van der Waals surface area (Å²) < 4.78 is 25.9. The highest BCUT2D eigenvalue weighted by Crippen LogP contribution is 2.16. The van der Waals surface area contributed by atoms with Gasteiger partial charge in [-0.15, -0.1) is 0 Å². The molecule has 10 heteroatoms. The van der Waals surface area contributed by atoms with Gasteiger partial charge in [-0.05, 0) is 18.2 Å². The first-order chi connectivity index (χ1) is 11.7. The number of carbonyl (C=O) groups is 1. The molecule has 0 saturated carbocycles. The number of benzene rings is 1. The Bertz CT molecular complexity index is 1010. The third-order valence-electron chi connectivity index (χ3n) is 4.21. The van der Waals surface area contributed by atoms with Gasteiger partial charge in [0.25, 0.3) is 5.91 Å². The zero-order chi connectivity index (χ0) is 18.4. The second-order valence-corrected chi connectivity index (χ2v) is 8.34. The Hall–Kier alpha value is -1.97. The van der Waals surface area contributed by atoms with Crippen LogP contribution < -0.4 is 5.43 Å². The van der Waals surface area contributed by atoms with Gasteiger partial charge in [0.05, 0.1) is 17.2 Å². The van der Waals surface area contributed by atoms with Crippen LogP contribution in [-0.4, -0.2) is 65.7 Å². The van der Waals surface area contributed by atoms with Crippen LogP contribution >= 0.6 is 11.6 Å². The first-order valence-corrected chi connectivity index (χ1v) is 9.82. The summed E-state index contributed by atoms with van der Waals surface area (Å²) in [6.07, 6.45) is 1.13. The largest absolute Gasteiger partial charge is 0.334 e. The molecule has 1 aliphatic heterocycles. The molecule has 0 N–H and O–H groups in total. The number of fused-ring (bicyclic) bond motifs is 1. The fourth-order valence-electron chi connectivity index (χ4n) is 2.86. The molecule has 2 heterocycles. The minimum absolute atomic E-state index is 0.190. The SMILES string of the molecule is Cn1nc(C(=O)N2CCN(S(C)(=O)=O)CC2)c(=O)c2cc(Cl)ccc21. The molecule has 1 aromatic heterocycles. The van der Waals surface area contributed by atoms with Gasteiger partial charge in [-0.2, -0.15) is 9.40 Å². The van der Waals surface area contributed by atoms with E-state index in [9.17, 15) is 18.0 Å². The number of hydrogen-bond acceptors (Lipinski definition) is 5. The van der Waals surface area contributed by atoms with E-state index in [0.717, 1.165) is 6.26 Å². The van der Waals surface area contributed by atoms with Crippen molar-refractivity contribution >= 4 is 38.4 Å². The van der Waals surface area contributed by atoms with Gasteiger partial charge in [0.2, 0.25) is 15.5 Å². The highest BCUT2D eigenvalue weighted by atomic mass is 35.5. The lowest BCUT2D eigenvalue weighted by Crippen LogP contribution is -2.51. The van der Waals surface area contributed by atoms with Crippen molar-refractivity contribution in [3.63, 3.8) is 0 Å². The molecule has 1 aromatic carbocycles. The Labute approximate surface area is 149 Å². The molecule has 0 spiro atoms. The fourth-order valence-corrected chi connectivity index (χ4v) is 3.86. The average molecular weight is 385 g/mol. The monoisotopic (exact) mass is 384 g/mol. The molecule has 8 nitrogen and oxygen atoms in total. The number of sulfonamides is 1. The lowest BCUT2D eigenvalue weighted by Gasteiger charge is -2.32. The van der Waals surface area contributed by atoms with Crippen LogP contribution in [0.3, 0.4) is 0 Å². The summed E-state index contributed by atoms with van der Waals surface area (Å²) in [6, 6.07) is 4.83. The van der Waals surface area contributed by atoms with Gasteiger partial charge in [0.15, 0.2) is 5.69 Å². The smallest absolute Gasteiger partial charge is 0.278 e. The van der Waals surface area contributed by atoms with Gasteiger partial charge in [-0.25, -0.2) is 8.42 Å². The normalized spacial score (nSPS) is 16.4. The van der Waals surface area contributed by atoms with Crippen LogP contribution in [0.15, 0.2) is 23.0 Å². The third-order valence-corrected chi connectivity index (χ3v) is 5.75. The fraction of sp³-hybridized carbons (Fsp3) is 0.400. The van der Waals surface area contributed by atoms with E-state index in [4.69, 9.17) is 11.6 Å². The van der Waals surface area contributed by atoms with Crippen LogP contribution in [0.25, 0.3) is 10.9 Å². The first-order valence-electron chi connectivity index (χ1n) is 7.59. The van der Waals surface area contributed by atoms with E-state index < -0.39 is 21.4 Å². The maximum atomic E-state index is 12.7. The first kappa shape index (κ1) is 17.8. The number of carbonyl (C=O) groups excluding carboxylic acids is 1. The number of halogens is 1. The van der Waals surface area contributed by atoms with E-state index in [-0.39, 0.29) is 31.9 Å².